The van der Waals surface area contributed by atoms with Crippen LogP contribution < -0.4 is 0 Å². The predicted octanol–water partition coefficient (Wildman–Crippen LogP) is 4.16. The Morgan fingerprint density at radius 1 is 1.14 bits per heavy atom. The van der Waals surface area contributed by atoms with Crippen LogP contribution in [0, 0.1) is 0 Å². The van der Waals surface area contributed by atoms with E-state index in [0.29, 0.717) is 0 Å². The van der Waals surface area contributed by atoms with E-state index in [-0.39, 0.29) is 0 Å². The SMILES string of the molecule is C[Si](C)(C)O/C=C/c1ccc(Cl)cc1. The summed E-state index contributed by atoms with van der Waals surface area (Å²) in [6.45, 7) is 6.46. The van der Waals surface area contributed by atoms with Crippen molar-refractivity contribution < 1.29 is 4.43 Å². The van der Waals surface area contributed by atoms with Gasteiger partial charge in [0.1, 0.15) is 0 Å². The molecule has 0 amide bonds. The molecule has 0 radical (unpaired) electrons. The molecule has 0 saturated heterocycles. The second-order valence-corrected chi connectivity index (χ2v) is 8.98. The molecular formula is C11H15ClOSi. The maximum absolute atomic E-state index is 5.77. The van der Waals surface area contributed by atoms with Crippen molar-refractivity contribution in [3.8, 4) is 0 Å². The summed E-state index contributed by atoms with van der Waals surface area (Å²) in [7, 11) is -1.43. The van der Waals surface area contributed by atoms with Crippen molar-refractivity contribution in [3.05, 3.63) is 41.1 Å². The normalized spacial score (nSPS) is 12.0. The summed E-state index contributed by atoms with van der Waals surface area (Å²) >= 11 is 5.77. The molecule has 1 nitrogen and oxygen atoms in total. The molecule has 0 bridgehead atoms. The van der Waals surface area contributed by atoms with Gasteiger partial charge in [0.05, 0.1) is 6.26 Å². The Balaban J connectivity index is 2.57. The zero-order valence-corrected chi connectivity index (χ0v) is 10.5. The summed E-state index contributed by atoms with van der Waals surface area (Å²) in [5, 5.41) is 0.758. The number of benzene rings is 1. The van der Waals surface area contributed by atoms with Crippen LogP contribution in [0.5, 0.6) is 0 Å². The molecule has 0 atom stereocenters. The van der Waals surface area contributed by atoms with E-state index in [1.807, 2.05) is 30.3 Å². The van der Waals surface area contributed by atoms with Gasteiger partial charge >= 0.3 is 0 Å². The second kappa shape index (κ2) is 4.67. The van der Waals surface area contributed by atoms with Gasteiger partial charge in [0, 0.05) is 5.02 Å². The summed E-state index contributed by atoms with van der Waals surface area (Å²) in [5.74, 6) is 0. The van der Waals surface area contributed by atoms with Crippen LogP contribution in [0.25, 0.3) is 6.08 Å². The third kappa shape index (κ3) is 4.49. The molecule has 0 spiro atoms. The lowest BCUT2D eigenvalue weighted by molar-refractivity contribution is 0.483. The van der Waals surface area contributed by atoms with E-state index >= 15 is 0 Å². The van der Waals surface area contributed by atoms with Crippen molar-refractivity contribution >= 4 is 26.0 Å². The standard InChI is InChI=1S/C11H15ClOSi/c1-14(2,3)13-9-8-10-4-6-11(12)7-5-10/h4-9H,1-3H3/b9-8+. The van der Waals surface area contributed by atoms with Crippen molar-refractivity contribution in [2.24, 2.45) is 0 Å². The Labute approximate surface area is 91.5 Å². The number of hydrogen-bond acceptors (Lipinski definition) is 1. The Kier molecular flexibility index (Phi) is 3.78. The summed E-state index contributed by atoms with van der Waals surface area (Å²) in [6, 6.07) is 7.67. The lowest BCUT2D eigenvalue weighted by Gasteiger charge is -2.14. The van der Waals surface area contributed by atoms with Crippen molar-refractivity contribution in [1.82, 2.24) is 0 Å². The molecule has 0 aliphatic heterocycles. The molecular weight excluding hydrogens is 212 g/mol. The summed E-state index contributed by atoms with van der Waals surface area (Å²) in [6.07, 6.45) is 3.73. The highest BCUT2D eigenvalue weighted by atomic mass is 35.5. The minimum Gasteiger partial charge on any atom is -0.550 e. The van der Waals surface area contributed by atoms with Gasteiger partial charge in [0.25, 0.3) is 0 Å². The van der Waals surface area contributed by atoms with E-state index < -0.39 is 8.32 Å². The van der Waals surface area contributed by atoms with Crippen LogP contribution in [0.2, 0.25) is 24.7 Å². The smallest absolute Gasteiger partial charge is 0.241 e. The van der Waals surface area contributed by atoms with Crippen molar-refractivity contribution in [3.63, 3.8) is 0 Å². The summed E-state index contributed by atoms with van der Waals surface area (Å²) in [4.78, 5) is 0. The fourth-order valence-corrected chi connectivity index (χ4v) is 1.49. The lowest BCUT2D eigenvalue weighted by atomic mass is 10.2. The zero-order valence-electron chi connectivity index (χ0n) is 8.75. The van der Waals surface area contributed by atoms with Gasteiger partial charge in [-0.1, -0.05) is 23.7 Å². The molecule has 0 heterocycles. The highest BCUT2D eigenvalue weighted by molar-refractivity contribution is 6.69. The van der Waals surface area contributed by atoms with Gasteiger partial charge < -0.3 is 4.43 Å². The van der Waals surface area contributed by atoms with E-state index in [0.717, 1.165) is 10.6 Å². The number of hydrogen-bond donors (Lipinski definition) is 0. The number of halogens is 1. The molecule has 0 fully saturated rings. The number of rotatable bonds is 3. The highest BCUT2D eigenvalue weighted by Gasteiger charge is 2.12. The largest absolute Gasteiger partial charge is 0.550 e. The molecule has 1 rings (SSSR count). The quantitative estimate of drug-likeness (QED) is 0.556. The molecule has 1 aromatic rings. The molecule has 0 N–H and O–H groups in total. The summed E-state index contributed by atoms with van der Waals surface area (Å²) < 4.78 is 5.59. The van der Waals surface area contributed by atoms with E-state index in [4.69, 9.17) is 16.0 Å². The maximum atomic E-state index is 5.77. The van der Waals surface area contributed by atoms with Crippen LogP contribution in [0.4, 0.5) is 0 Å². The fraction of sp³-hybridized carbons (Fsp3) is 0.273. The van der Waals surface area contributed by atoms with E-state index in [2.05, 4.69) is 19.6 Å². The maximum Gasteiger partial charge on any atom is 0.241 e. The molecule has 0 aliphatic carbocycles. The minimum absolute atomic E-state index is 0.758. The van der Waals surface area contributed by atoms with Gasteiger partial charge in [-0.15, -0.1) is 0 Å². The third-order valence-corrected chi connectivity index (χ3v) is 2.65. The van der Waals surface area contributed by atoms with Crippen molar-refractivity contribution in [2.75, 3.05) is 0 Å². The van der Waals surface area contributed by atoms with E-state index in [1.54, 1.807) is 6.26 Å². The van der Waals surface area contributed by atoms with Gasteiger partial charge in [-0.3, -0.25) is 0 Å². The van der Waals surface area contributed by atoms with Crippen LogP contribution in [0.1, 0.15) is 5.56 Å². The molecule has 0 aliphatic rings. The Morgan fingerprint density at radius 3 is 2.21 bits per heavy atom. The average molecular weight is 227 g/mol. The first-order valence-corrected chi connectivity index (χ1v) is 8.36. The van der Waals surface area contributed by atoms with E-state index in [1.165, 1.54) is 0 Å². The molecule has 14 heavy (non-hydrogen) atoms. The van der Waals surface area contributed by atoms with Gasteiger partial charge in [0.2, 0.25) is 8.32 Å². The monoisotopic (exact) mass is 226 g/mol. The van der Waals surface area contributed by atoms with Gasteiger partial charge in [0.15, 0.2) is 0 Å². The average Bonchev–Trinajstić information content (AvgIpc) is 2.06. The van der Waals surface area contributed by atoms with Crippen LogP contribution >= 0.6 is 11.6 Å². The molecule has 0 unspecified atom stereocenters. The molecule has 0 aromatic heterocycles. The zero-order chi connectivity index (χ0) is 10.6. The Hall–Kier alpha value is -0.733. The molecule has 1 aromatic carbocycles. The topological polar surface area (TPSA) is 9.23 Å². The molecule has 0 saturated carbocycles. The minimum atomic E-state index is -1.43. The van der Waals surface area contributed by atoms with E-state index in [9.17, 15) is 0 Å². The second-order valence-electron chi connectivity index (χ2n) is 4.08. The Morgan fingerprint density at radius 2 is 1.71 bits per heavy atom. The molecule has 3 heteroatoms. The fourth-order valence-electron chi connectivity index (χ4n) is 0.891. The van der Waals surface area contributed by atoms with Crippen LogP contribution in [-0.4, -0.2) is 8.32 Å². The van der Waals surface area contributed by atoms with Gasteiger partial charge in [-0.2, -0.15) is 0 Å². The van der Waals surface area contributed by atoms with Crippen LogP contribution in [0.15, 0.2) is 30.5 Å². The van der Waals surface area contributed by atoms with Crippen LogP contribution in [-0.2, 0) is 4.43 Å². The molecule has 76 valence electrons. The van der Waals surface area contributed by atoms with Crippen molar-refractivity contribution in [1.29, 1.82) is 0 Å². The lowest BCUT2D eigenvalue weighted by Crippen LogP contribution is -2.21. The Bertz CT molecular complexity index is 311. The highest BCUT2D eigenvalue weighted by Crippen LogP contribution is 2.11. The van der Waals surface area contributed by atoms with Gasteiger partial charge in [-0.05, 0) is 43.4 Å². The van der Waals surface area contributed by atoms with Crippen LogP contribution in [0.3, 0.4) is 0 Å². The predicted molar refractivity (Wildman–Crippen MR) is 64.9 cm³/mol. The van der Waals surface area contributed by atoms with Gasteiger partial charge in [-0.25, -0.2) is 0 Å². The first-order valence-electron chi connectivity index (χ1n) is 4.57. The first kappa shape index (κ1) is 11.3. The van der Waals surface area contributed by atoms with Crippen molar-refractivity contribution in [2.45, 2.75) is 19.6 Å². The summed E-state index contributed by atoms with van der Waals surface area (Å²) in [5.41, 5.74) is 1.10. The first-order chi connectivity index (χ1) is 6.47. The third-order valence-electron chi connectivity index (χ3n) is 1.55.